The lowest BCUT2D eigenvalue weighted by Crippen LogP contribution is -2.12. The van der Waals surface area contributed by atoms with Crippen molar-refractivity contribution in [2.45, 2.75) is 11.2 Å². The number of nitrogens with one attached hydrogen (secondary N) is 1. The van der Waals surface area contributed by atoms with Crippen LogP contribution in [0.25, 0.3) is 0 Å². The Kier molecular flexibility index (Phi) is 6.63. The van der Waals surface area contributed by atoms with Crippen molar-refractivity contribution in [2.75, 3.05) is 16.8 Å². The van der Waals surface area contributed by atoms with Gasteiger partial charge in [0, 0.05) is 28.8 Å². The lowest BCUT2D eigenvalue weighted by atomic mass is 10.1. The fourth-order valence-electron chi connectivity index (χ4n) is 3.11. The van der Waals surface area contributed by atoms with Crippen LogP contribution in [0.4, 0.5) is 5.69 Å². The Bertz CT molecular complexity index is 1070. The second-order valence-electron chi connectivity index (χ2n) is 6.78. The number of anilines is 1. The van der Waals surface area contributed by atoms with E-state index in [1.54, 1.807) is 18.2 Å². The Morgan fingerprint density at radius 3 is 2.57 bits per heavy atom. The van der Waals surface area contributed by atoms with Crippen molar-refractivity contribution in [1.82, 2.24) is 0 Å². The number of nitrogens with zero attached hydrogens (tertiary/aromatic N) is 1. The van der Waals surface area contributed by atoms with E-state index in [0.29, 0.717) is 33.8 Å². The van der Waals surface area contributed by atoms with Crippen LogP contribution in [0.1, 0.15) is 31.6 Å². The van der Waals surface area contributed by atoms with Crippen LogP contribution in [0.3, 0.4) is 0 Å². The summed E-state index contributed by atoms with van der Waals surface area (Å²) in [5, 5.41) is 11.9. The number of ether oxygens (including phenoxy) is 1. The van der Waals surface area contributed by atoms with Gasteiger partial charge in [0.05, 0.1) is 16.2 Å². The Balaban J connectivity index is 1.37. The summed E-state index contributed by atoms with van der Waals surface area (Å²) in [4.78, 5) is 12.6. The molecule has 30 heavy (non-hydrogen) atoms. The lowest BCUT2D eigenvalue weighted by molar-refractivity contribution is 0.102. The summed E-state index contributed by atoms with van der Waals surface area (Å²) in [5.74, 6) is 2.87. The van der Waals surface area contributed by atoms with Gasteiger partial charge in [-0.3, -0.25) is 4.79 Å². The SMILES string of the molecule is N#Cc1cccc(COc2cccc(NC(=O)c3ccc(C4SCCS4)cc3)c2)c1. The molecular formula is C24H20N2O2S2. The van der Waals surface area contributed by atoms with Crippen LogP contribution in [0.2, 0.25) is 0 Å². The van der Waals surface area contributed by atoms with E-state index in [-0.39, 0.29) is 5.91 Å². The van der Waals surface area contributed by atoms with Crippen LogP contribution in [0.15, 0.2) is 72.8 Å². The Hall–Kier alpha value is -2.88. The highest BCUT2D eigenvalue weighted by Gasteiger charge is 2.18. The first-order chi connectivity index (χ1) is 14.7. The summed E-state index contributed by atoms with van der Waals surface area (Å²) < 4.78 is 6.30. The molecule has 3 aromatic carbocycles. The predicted molar refractivity (Wildman–Crippen MR) is 124 cm³/mol. The van der Waals surface area contributed by atoms with Crippen molar-refractivity contribution >= 4 is 35.1 Å². The van der Waals surface area contributed by atoms with Crippen molar-refractivity contribution in [3.63, 3.8) is 0 Å². The largest absolute Gasteiger partial charge is 0.489 e. The fourth-order valence-corrected chi connectivity index (χ4v) is 5.97. The van der Waals surface area contributed by atoms with Crippen LogP contribution in [-0.4, -0.2) is 17.4 Å². The lowest BCUT2D eigenvalue weighted by Gasteiger charge is -2.11. The third-order valence-corrected chi connectivity index (χ3v) is 7.72. The van der Waals surface area contributed by atoms with Crippen LogP contribution in [0.5, 0.6) is 5.75 Å². The summed E-state index contributed by atoms with van der Waals surface area (Å²) in [6.07, 6.45) is 0. The summed E-state index contributed by atoms with van der Waals surface area (Å²) in [5.41, 5.74) is 4.09. The number of amides is 1. The van der Waals surface area contributed by atoms with Gasteiger partial charge < -0.3 is 10.1 Å². The Morgan fingerprint density at radius 2 is 1.80 bits per heavy atom. The number of rotatable bonds is 6. The minimum atomic E-state index is -0.146. The number of carbonyl (C=O) groups excluding carboxylic acids is 1. The molecule has 1 aliphatic rings. The molecule has 1 N–H and O–H groups in total. The third kappa shape index (κ3) is 5.18. The van der Waals surface area contributed by atoms with Gasteiger partial charge in [0.2, 0.25) is 0 Å². The van der Waals surface area contributed by atoms with Crippen LogP contribution < -0.4 is 10.1 Å². The van der Waals surface area contributed by atoms with Gasteiger partial charge in [-0.15, -0.1) is 23.5 Å². The summed E-state index contributed by atoms with van der Waals surface area (Å²) in [7, 11) is 0. The van der Waals surface area contributed by atoms with E-state index in [9.17, 15) is 4.79 Å². The zero-order valence-corrected chi connectivity index (χ0v) is 17.8. The maximum atomic E-state index is 12.6. The maximum absolute atomic E-state index is 12.6. The first-order valence-corrected chi connectivity index (χ1v) is 11.7. The molecule has 3 aromatic rings. The molecule has 6 heteroatoms. The monoisotopic (exact) mass is 432 g/mol. The van der Waals surface area contributed by atoms with E-state index in [1.807, 2.05) is 78.1 Å². The van der Waals surface area contributed by atoms with Crippen LogP contribution >= 0.6 is 23.5 Å². The molecule has 1 fully saturated rings. The molecule has 0 saturated carbocycles. The highest BCUT2D eigenvalue weighted by atomic mass is 32.2. The molecule has 0 unspecified atom stereocenters. The highest BCUT2D eigenvalue weighted by Crippen LogP contribution is 2.45. The number of carbonyl (C=O) groups is 1. The zero-order chi connectivity index (χ0) is 20.8. The molecule has 4 rings (SSSR count). The highest BCUT2D eigenvalue weighted by molar-refractivity contribution is 8.19. The van der Waals surface area contributed by atoms with Gasteiger partial charge in [0.15, 0.2) is 0 Å². The summed E-state index contributed by atoms with van der Waals surface area (Å²) in [6, 6.07) is 24.6. The Morgan fingerprint density at radius 1 is 1.03 bits per heavy atom. The minimum Gasteiger partial charge on any atom is -0.489 e. The second-order valence-corrected chi connectivity index (χ2v) is 9.50. The van der Waals surface area contributed by atoms with Crippen LogP contribution in [-0.2, 0) is 6.61 Å². The third-order valence-electron chi connectivity index (χ3n) is 4.62. The molecule has 1 amide bonds. The van der Waals surface area contributed by atoms with Gasteiger partial charge in [0.1, 0.15) is 12.4 Å². The molecule has 1 heterocycles. The maximum Gasteiger partial charge on any atom is 0.255 e. The summed E-state index contributed by atoms with van der Waals surface area (Å²) in [6.45, 7) is 0.353. The number of nitriles is 1. The molecule has 150 valence electrons. The number of hydrogen-bond acceptors (Lipinski definition) is 5. The average Bonchev–Trinajstić information content (AvgIpc) is 3.33. The van der Waals surface area contributed by atoms with Gasteiger partial charge in [-0.05, 0) is 47.5 Å². The minimum absolute atomic E-state index is 0.146. The number of thioether (sulfide) groups is 2. The van der Waals surface area contributed by atoms with Gasteiger partial charge in [0.25, 0.3) is 5.91 Å². The molecule has 0 aromatic heterocycles. The molecule has 4 nitrogen and oxygen atoms in total. The van der Waals surface area contributed by atoms with Crippen molar-refractivity contribution in [3.05, 3.63) is 95.1 Å². The first kappa shape index (κ1) is 20.4. The quantitative estimate of drug-likeness (QED) is 0.528. The molecule has 1 saturated heterocycles. The molecular weight excluding hydrogens is 412 g/mol. The van der Waals surface area contributed by atoms with E-state index in [1.165, 1.54) is 17.1 Å². The molecule has 0 aliphatic carbocycles. The normalized spacial score (nSPS) is 13.6. The first-order valence-electron chi connectivity index (χ1n) is 9.58. The predicted octanol–water partition coefficient (Wildman–Crippen LogP) is 5.87. The van der Waals surface area contributed by atoms with E-state index in [4.69, 9.17) is 10.00 Å². The molecule has 0 bridgehead atoms. The van der Waals surface area contributed by atoms with E-state index in [0.717, 1.165) is 5.56 Å². The zero-order valence-electron chi connectivity index (χ0n) is 16.2. The number of benzene rings is 3. The molecule has 0 spiro atoms. The van der Waals surface area contributed by atoms with E-state index >= 15 is 0 Å². The molecule has 0 atom stereocenters. The van der Waals surface area contributed by atoms with Crippen LogP contribution in [0, 0.1) is 11.3 Å². The second kappa shape index (κ2) is 9.75. The fraction of sp³-hybridized carbons (Fsp3) is 0.167. The van der Waals surface area contributed by atoms with Crippen molar-refractivity contribution in [2.24, 2.45) is 0 Å². The van der Waals surface area contributed by atoms with Gasteiger partial charge in [-0.25, -0.2) is 0 Å². The van der Waals surface area contributed by atoms with Gasteiger partial charge in [-0.1, -0.05) is 30.3 Å². The van der Waals surface area contributed by atoms with E-state index in [2.05, 4.69) is 11.4 Å². The molecule has 0 radical (unpaired) electrons. The number of hydrogen-bond donors (Lipinski definition) is 1. The van der Waals surface area contributed by atoms with Crippen molar-refractivity contribution in [1.29, 1.82) is 5.26 Å². The summed E-state index contributed by atoms with van der Waals surface area (Å²) >= 11 is 3.90. The van der Waals surface area contributed by atoms with Gasteiger partial charge >= 0.3 is 0 Å². The van der Waals surface area contributed by atoms with E-state index < -0.39 is 0 Å². The standard InChI is InChI=1S/C24H20N2O2S2/c25-15-17-3-1-4-18(13-17)16-28-22-6-2-5-21(14-22)26-23(27)19-7-9-20(10-8-19)24-29-11-12-30-24/h1-10,13-14,24H,11-12,16H2,(H,26,27). The van der Waals surface area contributed by atoms with Crippen molar-refractivity contribution < 1.29 is 9.53 Å². The smallest absolute Gasteiger partial charge is 0.255 e. The Labute approximate surface area is 184 Å². The van der Waals surface area contributed by atoms with Gasteiger partial charge in [-0.2, -0.15) is 5.26 Å². The topological polar surface area (TPSA) is 62.1 Å². The van der Waals surface area contributed by atoms with Crippen molar-refractivity contribution in [3.8, 4) is 11.8 Å². The molecule has 1 aliphatic heterocycles. The average molecular weight is 433 g/mol.